The van der Waals surface area contributed by atoms with Gasteiger partial charge in [-0.05, 0) is 132 Å². The minimum Gasteiger partial charge on any atom is -0.333 e. The van der Waals surface area contributed by atoms with E-state index < -0.39 is 10.8 Å². The Labute approximate surface area is 395 Å². The number of allylic oxidation sites excluding steroid dienone is 2. The van der Waals surface area contributed by atoms with Gasteiger partial charge >= 0.3 is 0 Å². The van der Waals surface area contributed by atoms with Crippen molar-refractivity contribution in [1.29, 1.82) is 0 Å². The number of anilines is 2. The van der Waals surface area contributed by atoms with E-state index in [0.717, 1.165) is 5.69 Å². The van der Waals surface area contributed by atoms with Gasteiger partial charge in [-0.25, -0.2) is 0 Å². The highest BCUT2D eigenvalue weighted by Gasteiger charge is 2.59. The predicted molar refractivity (Wildman–Crippen MR) is 280 cm³/mol. The fourth-order valence-electron chi connectivity index (χ4n) is 14.1. The third-order valence-electron chi connectivity index (χ3n) is 16.6. The molecular weight excluding hydrogens is 821 g/mol. The van der Waals surface area contributed by atoms with Crippen molar-refractivity contribution in [1.82, 2.24) is 4.57 Å². The molecule has 0 amide bonds. The summed E-state index contributed by atoms with van der Waals surface area (Å²) in [7, 11) is 0. The molecule has 1 aromatic heterocycles. The molecule has 11 aromatic rings. The average Bonchev–Trinajstić information content (AvgIpc) is 4.11. The van der Waals surface area contributed by atoms with E-state index in [1.807, 2.05) is 0 Å². The second-order valence-corrected chi connectivity index (χ2v) is 19.4. The highest BCUT2D eigenvalue weighted by Crippen LogP contribution is 2.68. The first kappa shape index (κ1) is 36.7. The van der Waals surface area contributed by atoms with Gasteiger partial charge in [-0.1, -0.05) is 194 Å². The fraction of sp³-hybridized carbons (Fsp3) is 0.0606. The topological polar surface area (TPSA) is 8.17 Å². The lowest BCUT2D eigenvalue weighted by Crippen LogP contribution is -2.43. The normalized spacial score (nSPS) is 17.8. The number of benzene rings is 10. The monoisotopic (exact) mass is 862 g/mol. The largest absolute Gasteiger partial charge is 0.333 e. The second-order valence-electron chi connectivity index (χ2n) is 19.4. The molecule has 0 N–H and O–H groups in total. The maximum atomic E-state index is 2.59. The molecule has 10 aromatic carbocycles. The highest BCUT2D eigenvalue weighted by atomic mass is 15.2. The molecule has 4 aliphatic carbocycles. The van der Waals surface area contributed by atoms with Gasteiger partial charge in [-0.15, -0.1) is 0 Å². The van der Waals surface area contributed by atoms with Gasteiger partial charge < -0.3 is 9.47 Å². The van der Waals surface area contributed by atoms with Crippen molar-refractivity contribution in [2.45, 2.75) is 22.8 Å². The molecule has 68 heavy (non-hydrogen) atoms. The van der Waals surface area contributed by atoms with E-state index in [4.69, 9.17) is 0 Å². The van der Waals surface area contributed by atoms with Crippen LogP contribution in [0.3, 0.4) is 0 Å². The molecular formula is C66H42N2. The van der Waals surface area contributed by atoms with Crippen molar-refractivity contribution < 1.29 is 0 Å². The maximum Gasteiger partial charge on any atom is 0.0720 e. The number of fused-ring (bicyclic) bond motifs is 24. The summed E-state index contributed by atoms with van der Waals surface area (Å²) in [6, 6.07) is 83.7. The molecule has 0 fully saturated rings. The number of hydrogen-bond donors (Lipinski definition) is 0. The Bertz CT molecular complexity index is 3970. The summed E-state index contributed by atoms with van der Waals surface area (Å²) in [6.07, 6.45) is 9.12. The Kier molecular flexibility index (Phi) is 7.09. The molecule has 1 aliphatic heterocycles. The van der Waals surface area contributed by atoms with Gasteiger partial charge in [0, 0.05) is 33.8 Å². The zero-order chi connectivity index (χ0) is 44.3. The molecule has 316 valence electrons. The molecule has 0 bridgehead atoms. The summed E-state index contributed by atoms with van der Waals surface area (Å²) in [5, 5.41) is 5.09. The minimum atomic E-state index is -0.583. The molecule has 2 heteroatoms. The van der Waals surface area contributed by atoms with E-state index in [0.29, 0.717) is 5.92 Å². The van der Waals surface area contributed by atoms with Crippen LogP contribution in [0.25, 0.3) is 60.5 Å². The van der Waals surface area contributed by atoms with E-state index in [-0.39, 0.29) is 6.04 Å². The summed E-state index contributed by atoms with van der Waals surface area (Å²) in [4.78, 5) is 2.53. The van der Waals surface area contributed by atoms with Gasteiger partial charge in [0.15, 0.2) is 0 Å². The molecule has 0 saturated carbocycles. The highest BCUT2D eigenvalue weighted by molar-refractivity contribution is 6.22. The van der Waals surface area contributed by atoms with Crippen molar-refractivity contribution in [3.8, 4) is 27.9 Å². The number of aromatic nitrogens is 1. The summed E-state index contributed by atoms with van der Waals surface area (Å²) >= 11 is 0. The lowest BCUT2D eigenvalue weighted by atomic mass is 9.52. The van der Waals surface area contributed by atoms with Gasteiger partial charge in [0.05, 0.1) is 27.9 Å². The predicted octanol–water partition coefficient (Wildman–Crippen LogP) is 15.7. The molecule has 16 rings (SSSR count). The summed E-state index contributed by atoms with van der Waals surface area (Å²) in [5.74, 6) is 0.336. The van der Waals surface area contributed by atoms with Crippen LogP contribution in [0, 0.1) is 0 Å². The van der Waals surface area contributed by atoms with Crippen LogP contribution < -0.4 is 4.90 Å². The van der Waals surface area contributed by atoms with Crippen LogP contribution in [0.4, 0.5) is 11.4 Å². The Morgan fingerprint density at radius 2 is 0.868 bits per heavy atom. The first-order valence-electron chi connectivity index (χ1n) is 24.1. The van der Waals surface area contributed by atoms with Gasteiger partial charge in [0.25, 0.3) is 0 Å². The van der Waals surface area contributed by atoms with Crippen LogP contribution in [0.1, 0.15) is 56.0 Å². The molecule has 2 spiro atoms. The molecule has 5 aliphatic rings. The lowest BCUT2D eigenvalue weighted by Gasteiger charge is -2.48. The van der Waals surface area contributed by atoms with Crippen molar-refractivity contribution in [3.05, 3.63) is 293 Å². The van der Waals surface area contributed by atoms with Gasteiger partial charge in [0.1, 0.15) is 0 Å². The summed E-state index contributed by atoms with van der Waals surface area (Å²) < 4.78 is 2.55. The Hall–Kier alpha value is -8.46. The summed E-state index contributed by atoms with van der Waals surface area (Å²) in [5.41, 5.74) is 22.5. The van der Waals surface area contributed by atoms with E-state index in [1.165, 1.54) is 116 Å². The van der Waals surface area contributed by atoms with Crippen molar-refractivity contribution >= 4 is 44.0 Å². The van der Waals surface area contributed by atoms with E-state index in [2.05, 4.69) is 252 Å². The van der Waals surface area contributed by atoms with Crippen LogP contribution in [0.2, 0.25) is 0 Å². The fourth-order valence-corrected chi connectivity index (χ4v) is 14.1. The minimum absolute atomic E-state index is 0.245. The Morgan fingerprint density at radius 1 is 0.353 bits per heavy atom. The average molecular weight is 863 g/mol. The molecule has 2 nitrogen and oxygen atoms in total. The van der Waals surface area contributed by atoms with Crippen LogP contribution in [0.15, 0.2) is 243 Å². The quantitative estimate of drug-likeness (QED) is 0.168. The molecule has 0 saturated heterocycles. The SMILES string of the molecule is C1=CC2c3ccccc3N(c3ccc(-n4c5cc6c(cc5c5c7ccccc7ccc54)-c4ccccc4C64c5ccccc5C5(c6ccccc6-c6ccccc65)c5ccccc54)cc3)C2C=C1. The first-order valence-corrected chi connectivity index (χ1v) is 24.1. The van der Waals surface area contributed by atoms with E-state index >= 15 is 0 Å². The van der Waals surface area contributed by atoms with E-state index in [1.54, 1.807) is 0 Å². The Morgan fingerprint density at radius 3 is 1.53 bits per heavy atom. The van der Waals surface area contributed by atoms with Gasteiger partial charge in [-0.2, -0.15) is 0 Å². The summed E-state index contributed by atoms with van der Waals surface area (Å²) in [6.45, 7) is 0. The number of hydrogen-bond acceptors (Lipinski definition) is 1. The number of nitrogens with zero attached hydrogens (tertiary/aromatic N) is 2. The van der Waals surface area contributed by atoms with Crippen LogP contribution >= 0.6 is 0 Å². The van der Waals surface area contributed by atoms with Gasteiger partial charge in [-0.3, -0.25) is 0 Å². The van der Waals surface area contributed by atoms with Crippen molar-refractivity contribution in [2.75, 3.05) is 4.90 Å². The number of rotatable bonds is 2. The zero-order valence-corrected chi connectivity index (χ0v) is 37.1. The zero-order valence-electron chi connectivity index (χ0n) is 37.1. The van der Waals surface area contributed by atoms with Gasteiger partial charge in [0.2, 0.25) is 0 Å². The first-order chi connectivity index (χ1) is 33.8. The molecule has 2 atom stereocenters. The standard InChI is InChI=1S/C66H42N2/c1-2-18-44-41(17-1)33-38-62-64(44)51-39-50-47-21-5-10-26-54(47)66(59(50)40-63(51)68(62)43-36-34-42(35-37-43)67-60-31-15-6-22-48(60)49-23-7-16-32-61(49)67)57-29-13-11-27-55(57)65(56-28-12-14-30-58(56)66)52-24-8-3-19-45(52)46-20-4-9-25-53(46)65/h1-40,48,60H. The maximum absolute atomic E-state index is 2.59. The molecule has 2 unspecified atom stereocenters. The third kappa shape index (κ3) is 4.31. The van der Waals surface area contributed by atoms with Crippen LogP contribution in [-0.2, 0) is 10.8 Å². The second kappa shape index (κ2) is 13.1. The van der Waals surface area contributed by atoms with Crippen LogP contribution in [0.5, 0.6) is 0 Å². The van der Waals surface area contributed by atoms with Crippen molar-refractivity contribution in [3.63, 3.8) is 0 Å². The third-order valence-corrected chi connectivity index (χ3v) is 16.6. The van der Waals surface area contributed by atoms with E-state index in [9.17, 15) is 0 Å². The lowest BCUT2D eigenvalue weighted by molar-refractivity contribution is 0.633. The molecule has 2 heterocycles. The smallest absolute Gasteiger partial charge is 0.0720 e. The number of para-hydroxylation sites is 1. The van der Waals surface area contributed by atoms with Crippen LogP contribution in [-0.4, -0.2) is 10.6 Å². The molecule has 0 radical (unpaired) electrons. The van der Waals surface area contributed by atoms with Crippen molar-refractivity contribution in [2.24, 2.45) is 0 Å². The Balaban J connectivity index is 0.991.